The van der Waals surface area contributed by atoms with Crippen molar-refractivity contribution in [3.05, 3.63) is 34.4 Å². The van der Waals surface area contributed by atoms with Crippen LogP contribution in [-0.2, 0) is 23.7 Å². The van der Waals surface area contributed by atoms with Crippen molar-refractivity contribution in [2.45, 2.75) is 134 Å². The highest BCUT2D eigenvalue weighted by molar-refractivity contribution is 5.84. The third kappa shape index (κ3) is 10.1. The first kappa shape index (κ1) is 34.6. The Bertz CT molecular complexity index is 1030. The normalized spacial score (nSPS) is 26.4. The number of rotatable bonds is 18. The molecule has 11 heteroatoms. The van der Waals surface area contributed by atoms with Crippen LogP contribution in [-0.4, -0.2) is 78.7 Å². The molecular formula is C33H53N3O8. The summed E-state index contributed by atoms with van der Waals surface area (Å²) >= 11 is 0. The molecule has 3 aliphatic heterocycles. The minimum Gasteiger partial charge on any atom is -0.440 e. The van der Waals surface area contributed by atoms with Crippen molar-refractivity contribution in [1.29, 1.82) is 0 Å². The first-order chi connectivity index (χ1) is 21.2. The molecule has 1 N–H and O–H groups in total. The second kappa shape index (κ2) is 16.8. The van der Waals surface area contributed by atoms with E-state index in [4.69, 9.17) is 23.7 Å². The Morgan fingerprint density at radius 3 is 2.36 bits per heavy atom. The van der Waals surface area contributed by atoms with Crippen LogP contribution in [0.2, 0.25) is 0 Å². The number of benzene rings is 1. The van der Waals surface area contributed by atoms with Crippen LogP contribution < -0.4 is 5.32 Å². The van der Waals surface area contributed by atoms with Crippen molar-refractivity contribution in [3.8, 4) is 0 Å². The fourth-order valence-corrected chi connectivity index (χ4v) is 6.52. The number of ether oxygens (including phenoxy) is 5. The molecule has 3 saturated heterocycles. The molecule has 3 aliphatic rings. The van der Waals surface area contributed by atoms with E-state index in [1.165, 1.54) is 82.1 Å². The Hall–Kier alpha value is -2.31. The lowest BCUT2D eigenvalue weighted by atomic mass is 10.0. The number of hydrogen-bond donors (Lipinski definition) is 1. The second-order valence-electron chi connectivity index (χ2n) is 12.9. The molecule has 11 nitrogen and oxygen atoms in total. The molecule has 3 heterocycles. The number of fused-ring (bicyclic) bond motifs is 1. The number of likely N-dealkylation sites (tertiary alicyclic amines) is 1. The molecule has 0 aromatic heterocycles. The first-order valence-electron chi connectivity index (χ1n) is 16.8. The molecule has 44 heavy (non-hydrogen) atoms. The fourth-order valence-electron chi connectivity index (χ4n) is 6.52. The lowest BCUT2D eigenvalue weighted by Crippen LogP contribution is -2.46. The van der Waals surface area contributed by atoms with E-state index in [-0.39, 0.29) is 12.3 Å². The second-order valence-corrected chi connectivity index (χ2v) is 12.9. The number of nitrogens with one attached hydrogen (secondary N) is 1. The van der Waals surface area contributed by atoms with Crippen molar-refractivity contribution in [2.24, 2.45) is 0 Å². The summed E-state index contributed by atoms with van der Waals surface area (Å²) in [7, 11) is 0. The molecule has 4 atom stereocenters. The van der Waals surface area contributed by atoms with Crippen LogP contribution in [0.3, 0.4) is 0 Å². The Kier molecular flexibility index (Phi) is 13.2. The smallest absolute Gasteiger partial charge is 0.412 e. The summed E-state index contributed by atoms with van der Waals surface area (Å²) in [5, 5.41) is 13.7. The highest BCUT2D eigenvalue weighted by Crippen LogP contribution is 2.47. The monoisotopic (exact) mass is 619 g/mol. The van der Waals surface area contributed by atoms with Gasteiger partial charge in [-0.05, 0) is 77.7 Å². The summed E-state index contributed by atoms with van der Waals surface area (Å²) in [5.74, 6) is -2.13. The third-order valence-electron chi connectivity index (χ3n) is 8.70. The van der Waals surface area contributed by atoms with Crippen LogP contribution in [0.5, 0.6) is 0 Å². The zero-order valence-electron chi connectivity index (χ0n) is 26.9. The quantitative estimate of drug-likeness (QED) is 0.103. The number of amides is 1. The molecule has 1 aromatic carbocycles. The predicted octanol–water partition coefficient (Wildman–Crippen LogP) is 7.18. The molecule has 0 spiro atoms. The zero-order valence-corrected chi connectivity index (χ0v) is 26.9. The summed E-state index contributed by atoms with van der Waals surface area (Å²) in [6, 6.07) is 5.62. The summed E-state index contributed by atoms with van der Waals surface area (Å²) in [5.41, 5.74) is 0.336. The van der Waals surface area contributed by atoms with Gasteiger partial charge in [0.15, 0.2) is 18.0 Å². The van der Waals surface area contributed by atoms with E-state index in [2.05, 4.69) is 17.1 Å². The standard InChI is InChI=1S/C33H53N3O8/c1-4-5-6-7-8-9-10-14-24-40-25-33-30(43-32(2,3)44-33)29(28(42-33)16-15-23-35-21-12-11-13-22-35)41-31(37)34-26-17-19-27(20-18-26)36(38)39/h17-20,28-30H,4-16,21-25H2,1-3H3,(H,34,37)/t28-,29+,30-,33-/m0/s1. The number of non-ortho nitro benzene ring substituents is 1. The average molecular weight is 620 g/mol. The van der Waals surface area contributed by atoms with Gasteiger partial charge >= 0.3 is 6.09 Å². The molecule has 0 bridgehead atoms. The maximum atomic E-state index is 13.1. The van der Waals surface area contributed by atoms with Gasteiger partial charge in [0.2, 0.25) is 5.79 Å². The molecule has 1 amide bonds. The van der Waals surface area contributed by atoms with Gasteiger partial charge in [-0.3, -0.25) is 15.4 Å². The van der Waals surface area contributed by atoms with Gasteiger partial charge in [0.05, 0.1) is 4.92 Å². The van der Waals surface area contributed by atoms with Crippen LogP contribution in [0, 0.1) is 10.1 Å². The Balaban J connectivity index is 1.36. The van der Waals surface area contributed by atoms with Gasteiger partial charge < -0.3 is 28.6 Å². The van der Waals surface area contributed by atoms with E-state index in [1.807, 2.05) is 13.8 Å². The molecule has 0 unspecified atom stereocenters. The van der Waals surface area contributed by atoms with Crippen LogP contribution >= 0.6 is 0 Å². The lowest BCUT2D eigenvalue weighted by molar-refractivity contribution is -0.384. The van der Waals surface area contributed by atoms with Crippen LogP contribution in [0.15, 0.2) is 24.3 Å². The van der Waals surface area contributed by atoms with E-state index in [0.717, 1.165) is 38.9 Å². The molecule has 3 fully saturated rings. The Morgan fingerprint density at radius 1 is 1.00 bits per heavy atom. The minimum absolute atomic E-state index is 0.0580. The molecule has 248 valence electrons. The van der Waals surface area contributed by atoms with Crippen molar-refractivity contribution in [3.63, 3.8) is 0 Å². The number of hydrogen-bond acceptors (Lipinski definition) is 9. The van der Waals surface area contributed by atoms with Gasteiger partial charge in [-0.2, -0.15) is 0 Å². The predicted molar refractivity (Wildman–Crippen MR) is 168 cm³/mol. The van der Waals surface area contributed by atoms with Gasteiger partial charge in [-0.25, -0.2) is 4.79 Å². The maximum Gasteiger partial charge on any atom is 0.412 e. The number of piperidine rings is 1. The number of nitrogens with zero attached hydrogens (tertiary/aromatic N) is 2. The maximum absolute atomic E-state index is 13.1. The summed E-state index contributed by atoms with van der Waals surface area (Å²) < 4.78 is 31.5. The SMILES string of the molecule is CCCCCCCCCCOC[C@@]12O[C@@H](CCCN3CCCCC3)[C@@H](OC(=O)Nc3ccc([N+](=O)[O-])cc3)[C@@H]1OC(C)(C)O2. The minimum atomic E-state index is -1.18. The number of unbranched alkanes of at least 4 members (excludes halogenated alkanes) is 7. The molecular weight excluding hydrogens is 566 g/mol. The van der Waals surface area contributed by atoms with Crippen molar-refractivity contribution in [2.75, 3.05) is 38.2 Å². The van der Waals surface area contributed by atoms with E-state index in [9.17, 15) is 14.9 Å². The van der Waals surface area contributed by atoms with E-state index >= 15 is 0 Å². The van der Waals surface area contributed by atoms with Gasteiger partial charge in [-0.15, -0.1) is 0 Å². The molecule has 1 aromatic rings. The molecule has 0 saturated carbocycles. The largest absolute Gasteiger partial charge is 0.440 e. The van der Waals surface area contributed by atoms with Gasteiger partial charge in [0.25, 0.3) is 5.69 Å². The van der Waals surface area contributed by atoms with E-state index < -0.39 is 40.9 Å². The number of nitro groups is 1. The van der Waals surface area contributed by atoms with E-state index in [1.54, 1.807) is 0 Å². The van der Waals surface area contributed by atoms with Gasteiger partial charge in [-0.1, -0.05) is 58.3 Å². The lowest BCUT2D eigenvalue weighted by Gasteiger charge is -2.29. The zero-order chi connectivity index (χ0) is 31.4. The highest BCUT2D eigenvalue weighted by atomic mass is 16.9. The third-order valence-corrected chi connectivity index (χ3v) is 8.70. The summed E-state index contributed by atoms with van der Waals surface area (Å²) in [4.78, 5) is 26.1. The topological polar surface area (TPSA) is 122 Å². The summed E-state index contributed by atoms with van der Waals surface area (Å²) in [6.45, 7) is 9.86. The first-order valence-corrected chi connectivity index (χ1v) is 16.8. The van der Waals surface area contributed by atoms with Crippen molar-refractivity contribution >= 4 is 17.5 Å². The molecule has 0 radical (unpaired) electrons. The highest BCUT2D eigenvalue weighted by Gasteiger charge is 2.66. The van der Waals surface area contributed by atoms with E-state index in [0.29, 0.717) is 18.7 Å². The van der Waals surface area contributed by atoms with Gasteiger partial charge in [0.1, 0.15) is 12.7 Å². The number of carbonyl (C=O) groups excluding carboxylic acids is 1. The number of nitro benzene ring substituents is 1. The fraction of sp³-hybridized carbons (Fsp3) is 0.788. The Morgan fingerprint density at radius 2 is 1.68 bits per heavy atom. The Labute approximate surface area is 262 Å². The van der Waals surface area contributed by atoms with Crippen LogP contribution in [0.4, 0.5) is 16.2 Å². The van der Waals surface area contributed by atoms with Gasteiger partial charge in [0, 0.05) is 24.4 Å². The van der Waals surface area contributed by atoms with Crippen LogP contribution in [0.25, 0.3) is 0 Å². The molecule has 4 rings (SSSR count). The van der Waals surface area contributed by atoms with Crippen molar-refractivity contribution < 1.29 is 33.4 Å². The average Bonchev–Trinajstić information content (AvgIpc) is 3.41. The summed E-state index contributed by atoms with van der Waals surface area (Å²) in [6.07, 6.45) is 12.6. The number of carbonyl (C=O) groups is 1. The molecule has 0 aliphatic carbocycles. The van der Waals surface area contributed by atoms with Crippen LogP contribution in [0.1, 0.15) is 104 Å². The van der Waals surface area contributed by atoms with Crippen molar-refractivity contribution in [1.82, 2.24) is 4.90 Å². The number of anilines is 1.